The van der Waals surface area contributed by atoms with Gasteiger partial charge >= 0.3 is 0 Å². The number of hydrogen-bond acceptors (Lipinski definition) is 8. The van der Waals surface area contributed by atoms with Gasteiger partial charge in [-0.1, -0.05) is 6.92 Å². The monoisotopic (exact) mass is 462 g/mol. The van der Waals surface area contributed by atoms with Crippen molar-refractivity contribution >= 4 is 22.5 Å². The van der Waals surface area contributed by atoms with Crippen LogP contribution in [0, 0.1) is 13.8 Å². The van der Waals surface area contributed by atoms with Crippen molar-refractivity contribution in [3.63, 3.8) is 0 Å². The minimum Gasteiger partial charge on any atom is -0.488 e. The van der Waals surface area contributed by atoms with E-state index in [0.717, 1.165) is 98.2 Å². The predicted octanol–water partition coefficient (Wildman–Crippen LogP) is 4.24. The Bertz CT molecular complexity index is 1140. The zero-order valence-electron chi connectivity index (χ0n) is 20.4. The number of aromatic nitrogens is 4. The highest BCUT2D eigenvalue weighted by Gasteiger charge is 2.25. The second kappa shape index (κ2) is 10.1. The molecular formula is C26H34N6O2. The van der Waals surface area contributed by atoms with E-state index in [1.807, 2.05) is 6.92 Å². The quantitative estimate of drug-likeness (QED) is 0.582. The maximum absolute atomic E-state index is 6.57. The van der Waals surface area contributed by atoms with E-state index in [1.54, 1.807) is 12.4 Å². The van der Waals surface area contributed by atoms with Crippen LogP contribution in [-0.2, 0) is 11.2 Å². The lowest BCUT2D eigenvalue weighted by atomic mass is 9.92. The molecule has 1 saturated heterocycles. The molecule has 1 saturated carbocycles. The average Bonchev–Trinajstić information content (AvgIpc) is 2.85. The van der Waals surface area contributed by atoms with E-state index in [1.165, 1.54) is 5.56 Å². The normalized spacial score (nSPS) is 21.0. The first-order valence-corrected chi connectivity index (χ1v) is 12.5. The number of nitrogens with one attached hydrogen (secondary N) is 1. The number of nitrogens with zero attached hydrogens (tertiary/aromatic N) is 5. The van der Waals surface area contributed by atoms with Gasteiger partial charge in [-0.05, 0) is 52.0 Å². The van der Waals surface area contributed by atoms with Crippen LogP contribution in [0.25, 0.3) is 11.0 Å². The van der Waals surface area contributed by atoms with Gasteiger partial charge in [0.15, 0.2) is 0 Å². The van der Waals surface area contributed by atoms with E-state index in [-0.39, 0.29) is 6.10 Å². The van der Waals surface area contributed by atoms with Crippen molar-refractivity contribution in [2.24, 2.45) is 0 Å². The maximum atomic E-state index is 6.57. The van der Waals surface area contributed by atoms with Crippen LogP contribution < -0.4 is 15.0 Å². The summed E-state index contributed by atoms with van der Waals surface area (Å²) in [5.74, 6) is 2.65. The molecule has 0 spiro atoms. The second-order valence-corrected chi connectivity index (χ2v) is 9.24. The standard InChI is InChI=1S/C26H34N6O2/c1-4-22-17(2)29-18(3)30-26(22)31-19-5-7-21(8-6-19)34-24-16-20(32-11-13-33-14-12-32)15-23-25(24)28-10-9-27-23/h9-10,15-16,19,21H,4-8,11-14H2,1-3H3,(H,29,30,31). The zero-order chi connectivity index (χ0) is 23.5. The Morgan fingerprint density at radius 2 is 1.79 bits per heavy atom. The summed E-state index contributed by atoms with van der Waals surface area (Å²) < 4.78 is 12.1. The van der Waals surface area contributed by atoms with Gasteiger partial charge in [0.2, 0.25) is 0 Å². The highest BCUT2D eigenvalue weighted by molar-refractivity contribution is 5.85. The second-order valence-electron chi connectivity index (χ2n) is 9.24. The fraction of sp³-hybridized carbons (Fsp3) is 0.538. The first-order valence-electron chi connectivity index (χ1n) is 12.5. The molecule has 1 N–H and O–H groups in total. The number of rotatable bonds is 6. The Hall–Kier alpha value is -3.00. The van der Waals surface area contributed by atoms with Crippen molar-refractivity contribution < 1.29 is 9.47 Å². The molecule has 0 amide bonds. The van der Waals surface area contributed by atoms with Gasteiger partial charge in [0, 0.05) is 54.5 Å². The third-order valence-corrected chi connectivity index (χ3v) is 6.89. The molecule has 0 unspecified atom stereocenters. The fourth-order valence-corrected chi connectivity index (χ4v) is 5.10. The lowest BCUT2D eigenvalue weighted by Crippen LogP contribution is -2.36. The van der Waals surface area contributed by atoms with Crippen molar-refractivity contribution in [2.45, 2.75) is 65.0 Å². The van der Waals surface area contributed by atoms with Crippen molar-refractivity contribution in [1.82, 2.24) is 19.9 Å². The summed E-state index contributed by atoms with van der Waals surface area (Å²) in [6.45, 7) is 9.44. The van der Waals surface area contributed by atoms with Gasteiger partial charge in [0.25, 0.3) is 0 Å². The molecule has 3 heterocycles. The molecule has 1 aliphatic carbocycles. The van der Waals surface area contributed by atoms with Crippen LogP contribution in [0.5, 0.6) is 5.75 Å². The van der Waals surface area contributed by atoms with Crippen molar-refractivity contribution in [1.29, 1.82) is 0 Å². The number of anilines is 2. The van der Waals surface area contributed by atoms with E-state index in [0.29, 0.717) is 6.04 Å². The third-order valence-electron chi connectivity index (χ3n) is 6.89. The molecule has 1 aromatic carbocycles. The Kier molecular flexibility index (Phi) is 6.76. The predicted molar refractivity (Wildman–Crippen MR) is 134 cm³/mol. The molecule has 2 aromatic heterocycles. The van der Waals surface area contributed by atoms with Gasteiger partial charge < -0.3 is 19.7 Å². The largest absolute Gasteiger partial charge is 0.488 e. The lowest BCUT2D eigenvalue weighted by Gasteiger charge is -2.32. The summed E-state index contributed by atoms with van der Waals surface area (Å²) in [5.41, 5.74) is 5.12. The molecular weight excluding hydrogens is 428 g/mol. The van der Waals surface area contributed by atoms with Crippen LogP contribution in [0.1, 0.15) is 49.7 Å². The Morgan fingerprint density at radius 1 is 1.03 bits per heavy atom. The minimum absolute atomic E-state index is 0.169. The number of benzene rings is 1. The minimum atomic E-state index is 0.169. The zero-order valence-corrected chi connectivity index (χ0v) is 20.4. The Balaban J connectivity index is 1.28. The summed E-state index contributed by atoms with van der Waals surface area (Å²) in [6, 6.07) is 4.64. The van der Waals surface area contributed by atoms with Crippen LogP contribution in [0.3, 0.4) is 0 Å². The molecule has 8 heteroatoms. The number of aryl methyl sites for hydroxylation is 2. The molecule has 2 fully saturated rings. The molecule has 8 nitrogen and oxygen atoms in total. The van der Waals surface area contributed by atoms with Gasteiger partial charge in [0.05, 0.1) is 24.8 Å². The first kappa shape index (κ1) is 22.8. The van der Waals surface area contributed by atoms with E-state index in [9.17, 15) is 0 Å². The topological polar surface area (TPSA) is 85.3 Å². The summed E-state index contributed by atoms with van der Waals surface area (Å²) in [5, 5.41) is 3.70. The van der Waals surface area contributed by atoms with Gasteiger partial charge in [0.1, 0.15) is 22.9 Å². The van der Waals surface area contributed by atoms with Crippen LogP contribution in [0.15, 0.2) is 24.5 Å². The lowest BCUT2D eigenvalue weighted by molar-refractivity contribution is 0.122. The van der Waals surface area contributed by atoms with Crippen LogP contribution >= 0.6 is 0 Å². The summed E-state index contributed by atoms with van der Waals surface area (Å²) in [4.78, 5) is 20.7. The third kappa shape index (κ3) is 4.92. The highest BCUT2D eigenvalue weighted by Crippen LogP contribution is 2.33. The van der Waals surface area contributed by atoms with Crippen molar-refractivity contribution in [2.75, 3.05) is 36.5 Å². The SMILES string of the molecule is CCc1c(C)nc(C)nc1NC1CCC(Oc2cc(N3CCOCC3)cc3nccnc23)CC1. The summed E-state index contributed by atoms with van der Waals surface area (Å²) in [6.07, 6.45) is 8.65. The number of morpholine rings is 1. The smallest absolute Gasteiger partial charge is 0.149 e. The molecule has 0 bridgehead atoms. The van der Waals surface area contributed by atoms with E-state index in [2.05, 4.69) is 51.1 Å². The first-order chi connectivity index (χ1) is 16.6. The van der Waals surface area contributed by atoms with Gasteiger partial charge in [-0.2, -0.15) is 0 Å². The highest BCUT2D eigenvalue weighted by atomic mass is 16.5. The molecule has 0 radical (unpaired) electrons. The molecule has 2 aliphatic rings. The number of ether oxygens (including phenoxy) is 2. The molecule has 0 atom stereocenters. The molecule has 180 valence electrons. The van der Waals surface area contributed by atoms with Crippen LogP contribution in [0.4, 0.5) is 11.5 Å². The van der Waals surface area contributed by atoms with E-state index in [4.69, 9.17) is 14.5 Å². The fourth-order valence-electron chi connectivity index (χ4n) is 5.10. The Morgan fingerprint density at radius 3 is 2.56 bits per heavy atom. The molecule has 1 aliphatic heterocycles. The average molecular weight is 463 g/mol. The maximum Gasteiger partial charge on any atom is 0.149 e. The molecule has 3 aromatic rings. The van der Waals surface area contributed by atoms with Gasteiger partial charge in [-0.25, -0.2) is 15.0 Å². The molecule has 5 rings (SSSR count). The number of fused-ring (bicyclic) bond motifs is 1. The van der Waals surface area contributed by atoms with E-state index >= 15 is 0 Å². The van der Waals surface area contributed by atoms with Crippen molar-refractivity contribution in [3.8, 4) is 5.75 Å². The summed E-state index contributed by atoms with van der Waals surface area (Å²) >= 11 is 0. The Labute approximate surface area is 201 Å². The van der Waals surface area contributed by atoms with Gasteiger partial charge in [-0.15, -0.1) is 0 Å². The van der Waals surface area contributed by atoms with E-state index < -0.39 is 0 Å². The summed E-state index contributed by atoms with van der Waals surface area (Å²) in [7, 11) is 0. The van der Waals surface area contributed by atoms with Crippen LogP contribution in [0.2, 0.25) is 0 Å². The molecule has 34 heavy (non-hydrogen) atoms. The van der Waals surface area contributed by atoms with Crippen molar-refractivity contribution in [3.05, 3.63) is 41.6 Å². The van der Waals surface area contributed by atoms with Crippen LogP contribution in [-0.4, -0.2) is 58.4 Å². The van der Waals surface area contributed by atoms with Gasteiger partial charge in [-0.3, -0.25) is 4.98 Å². The number of hydrogen-bond donors (Lipinski definition) is 1.